The minimum Gasteiger partial charge on any atom is -0.456 e. The van der Waals surface area contributed by atoms with Crippen molar-refractivity contribution in [2.45, 2.75) is 30.7 Å². The lowest BCUT2D eigenvalue weighted by Crippen LogP contribution is -2.45. The van der Waals surface area contributed by atoms with Crippen LogP contribution in [0.25, 0.3) is 0 Å². The maximum atomic E-state index is 12.1. The van der Waals surface area contributed by atoms with E-state index >= 15 is 0 Å². The Morgan fingerprint density at radius 2 is 1.96 bits per heavy atom. The summed E-state index contributed by atoms with van der Waals surface area (Å²) in [5, 5.41) is 3.86. The summed E-state index contributed by atoms with van der Waals surface area (Å²) >= 11 is 7.76. The molecule has 1 fully saturated rings. The Labute approximate surface area is 157 Å². The molecule has 6 heteroatoms. The van der Waals surface area contributed by atoms with Crippen LogP contribution in [0.1, 0.15) is 29.2 Å². The molecule has 2 heterocycles. The fourth-order valence-corrected chi connectivity index (χ4v) is 3.98. The molecule has 1 N–H and O–H groups in total. The smallest absolute Gasteiger partial charge is 0.287 e. The first-order valence-corrected chi connectivity index (χ1v) is 9.94. The van der Waals surface area contributed by atoms with Gasteiger partial charge in [-0.3, -0.25) is 4.79 Å². The van der Waals surface area contributed by atoms with Crippen LogP contribution >= 0.6 is 23.4 Å². The molecule has 1 aromatic heterocycles. The first-order valence-electron chi connectivity index (χ1n) is 8.58. The third kappa shape index (κ3) is 5.53. The molecular weight excluding hydrogens is 356 g/mol. The Bertz CT molecular complexity index is 694. The van der Waals surface area contributed by atoms with E-state index in [4.69, 9.17) is 16.0 Å². The van der Waals surface area contributed by atoms with Crippen LogP contribution in [0.5, 0.6) is 0 Å². The van der Waals surface area contributed by atoms with Crippen molar-refractivity contribution < 1.29 is 9.21 Å². The molecule has 1 aliphatic rings. The zero-order valence-corrected chi connectivity index (χ0v) is 15.9. The molecule has 0 spiro atoms. The summed E-state index contributed by atoms with van der Waals surface area (Å²) in [5.41, 5.74) is 0. The number of rotatable bonds is 6. The third-order valence-electron chi connectivity index (χ3n) is 4.38. The minimum absolute atomic E-state index is 0.107. The van der Waals surface area contributed by atoms with Gasteiger partial charge in [-0.05, 0) is 56.2 Å². The first kappa shape index (κ1) is 18.4. The summed E-state index contributed by atoms with van der Waals surface area (Å²) in [7, 11) is 0. The van der Waals surface area contributed by atoms with Crippen molar-refractivity contribution in [1.82, 2.24) is 10.2 Å². The van der Waals surface area contributed by atoms with Gasteiger partial charge in [-0.1, -0.05) is 11.6 Å². The number of likely N-dealkylation sites (tertiary alicyclic amines) is 1. The van der Waals surface area contributed by atoms with Crippen LogP contribution in [0.3, 0.4) is 0 Å². The van der Waals surface area contributed by atoms with Crippen LogP contribution in [0.2, 0.25) is 5.02 Å². The van der Waals surface area contributed by atoms with Crippen molar-refractivity contribution in [1.29, 1.82) is 0 Å². The van der Waals surface area contributed by atoms with E-state index in [9.17, 15) is 4.79 Å². The molecule has 0 saturated carbocycles. The minimum atomic E-state index is -0.107. The maximum absolute atomic E-state index is 12.1. The average molecular weight is 379 g/mol. The van der Waals surface area contributed by atoms with Gasteiger partial charge in [0.05, 0.1) is 0 Å². The summed E-state index contributed by atoms with van der Waals surface area (Å²) in [6, 6.07) is 11.8. The van der Waals surface area contributed by atoms with E-state index in [-0.39, 0.29) is 11.9 Å². The monoisotopic (exact) mass is 378 g/mol. The number of aryl methyl sites for hydroxylation is 1. The largest absolute Gasteiger partial charge is 0.456 e. The Kier molecular flexibility index (Phi) is 6.45. The molecule has 0 radical (unpaired) electrons. The number of carbonyl (C=O) groups is 1. The fraction of sp³-hybridized carbons (Fsp3) is 0.421. The molecule has 134 valence electrons. The predicted octanol–water partition coefficient (Wildman–Crippen LogP) is 4.23. The van der Waals surface area contributed by atoms with Gasteiger partial charge < -0.3 is 14.6 Å². The van der Waals surface area contributed by atoms with Crippen molar-refractivity contribution in [3.05, 3.63) is 52.9 Å². The summed E-state index contributed by atoms with van der Waals surface area (Å²) in [6.07, 6.45) is 1.97. The lowest BCUT2D eigenvalue weighted by molar-refractivity contribution is 0.0883. The molecule has 3 rings (SSSR count). The number of halogens is 1. The van der Waals surface area contributed by atoms with Crippen LogP contribution in [0, 0.1) is 6.92 Å². The van der Waals surface area contributed by atoms with Gasteiger partial charge >= 0.3 is 0 Å². The van der Waals surface area contributed by atoms with Crippen molar-refractivity contribution in [2.24, 2.45) is 0 Å². The van der Waals surface area contributed by atoms with Gasteiger partial charge in [0.1, 0.15) is 5.76 Å². The van der Waals surface area contributed by atoms with Crippen molar-refractivity contribution in [3.8, 4) is 0 Å². The van der Waals surface area contributed by atoms with Gasteiger partial charge in [-0.15, -0.1) is 11.8 Å². The van der Waals surface area contributed by atoms with E-state index in [0.717, 1.165) is 49.0 Å². The summed E-state index contributed by atoms with van der Waals surface area (Å²) < 4.78 is 5.38. The van der Waals surface area contributed by atoms with Gasteiger partial charge in [0, 0.05) is 41.3 Å². The molecule has 0 atom stereocenters. The molecule has 1 saturated heterocycles. The molecule has 1 aliphatic heterocycles. The predicted molar refractivity (Wildman–Crippen MR) is 103 cm³/mol. The van der Waals surface area contributed by atoms with E-state index in [1.165, 1.54) is 4.90 Å². The van der Waals surface area contributed by atoms with E-state index in [1.807, 2.05) is 36.9 Å². The van der Waals surface area contributed by atoms with Crippen molar-refractivity contribution in [3.63, 3.8) is 0 Å². The first-order chi connectivity index (χ1) is 12.1. The number of benzene rings is 1. The van der Waals surface area contributed by atoms with Crippen LogP contribution in [0.15, 0.2) is 45.7 Å². The Morgan fingerprint density at radius 1 is 1.24 bits per heavy atom. The number of nitrogens with zero attached hydrogens (tertiary/aromatic N) is 1. The number of amides is 1. The molecule has 0 unspecified atom stereocenters. The summed E-state index contributed by atoms with van der Waals surface area (Å²) in [6.45, 7) is 4.94. The molecular formula is C19H23ClN2O2S. The second-order valence-corrected chi connectivity index (χ2v) is 7.91. The van der Waals surface area contributed by atoms with E-state index in [2.05, 4.69) is 22.3 Å². The lowest BCUT2D eigenvalue weighted by Gasteiger charge is -2.32. The van der Waals surface area contributed by atoms with E-state index < -0.39 is 0 Å². The van der Waals surface area contributed by atoms with Crippen molar-refractivity contribution >= 4 is 29.3 Å². The van der Waals surface area contributed by atoms with Gasteiger partial charge in [-0.25, -0.2) is 0 Å². The van der Waals surface area contributed by atoms with Gasteiger partial charge in [0.2, 0.25) is 0 Å². The standard InChI is InChI=1S/C19H23ClN2O2S/c1-14-2-7-18(24-14)19(23)21-16-8-10-22(11-9-16)12-13-25-17-5-3-15(20)4-6-17/h2-7,16H,8-13H2,1H3,(H,21,23). The maximum Gasteiger partial charge on any atom is 0.287 e. The molecule has 0 bridgehead atoms. The molecule has 25 heavy (non-hydrogen) atoms. The third-order valence-corrected chi connectivity index (χ3v) is 5.62. The zero-order chi connectivity index (χ0) is 17.6. The number of furan rings is 1. The van der Waals surface area contributed by atoms with Crippen LogP contribution in [0.4, 0.5) is 0 Å². The highest BCUT2D eigenvalue weighted by Gasteiger charge is 2.22. The number of hydrogen-bond acceptors (Lipinski definition) is 4. The average Bonchev–Trinajstić information content (AvgIpc) is 3.05. The Morgan fingerprint density at radius 3 is 2.60 bits per heavy atom. The van der Waals surface area contributed by atoms with Gasteiger partial charge in [0.15, 0.2) is 5.76 Å². The zero-order valence-electron chi connectivity index (χ0n) is 14.3. The Hall–Kier alpha value is -1.43. The highest BCUT2D eigenvalue weighted by atomic mass is 35.5. The number of thioether (sulfide) groups is 1. The molecule has 4 nitrogen and oxygen atoms in total. The van der Waals surface area contributed by atoms with Crippen LogP contribution in [-0.4, -0.2) is 42.2 Å². The van der Waals surface area contributed by atoms with Crippen LogP contribution in [-0.2, 0) is 0 Å². The summed E-state index contributed by atoms with van der Waals surface area (Å²) in [5.74, 6) is 2.12. The summed E-state index contributed by atoms with van der Waals surface area (Å²) in [4.78, 5) is 15.8. The van der Waals surface area contributed by atoms with Gasteiger partial charge in [0.25, 0.3) is 5.91 Å². The topological polar surface area (TPSA) is 45.5 Å². The highest BCUT2D eigenvalue weighted by Crippen LogP contribution is 2.21. The molecule has 2 aromatic rings. The SMILES string of the molecule is Cc1ccc(C(=O)NC2CCN(CCSc3ccc(Cl)cc3)CC2)o1. The lowest BCUT2D eigenvalue weighted by atomic mass is 10.1. The number of piperidine rings is 1. The number of carbonyl (C=O) groups excluding carboxylic acids is 1. The molecule has 1 amide bonds. The van der Waals surface area contributed by atoms with Crippen molar-refractivity contribution in [2.75, 3.05) is 25.4 Å². The number of nitrogens with one attached hydrogen (secondary N) is 1. The van der Waals surface area contributed by atoms with E-state index in [1.54, 1.807) is 6.07 Å². The second-order valence-electron chi connectivity index (χ2n) is 6.30. The van der Waals surface area contributed by atoms with E-state index in [0.29, 0.717) is 5.76 Å². The molecule has 1 aromatic carbocycles. The normalized spacial score (nSPS) is 16.1. The molecule has 0 aliphatic carbocycles. The van der Waals surface area contributed by atoms with Crippen LogP contribution < -0.4 is 5.32 Å². The fourth-order valence-electron chi connectivity index (χ4n) is 2.94. The number of hydrogen-bond donors (Lipinski definition) is 1. The Balaban J connectivity index is 1.35. The quantitative estimate of drug-likeness (QED) is 0.764. The van der Waals surface area contributed by atoms with Gasteiger partial charge in [-0.2, -0.15) is 0 Å². The second kappa shape index (κ2) is 8.79. The highest BCUT2D eigenvalue weighted by molar-refractivity contribution is 7.99.